The van der Waals surface area contributed by atoms with Crippen molar-refractivity contribution in [3.05, 3.63) is 34.9 Å². The number of rotatable bonds is 5. The summed E-state index contributed by atoms with van der Waals surface area (Å²) in [5.41, 5.74) is 9.64. The average molecular weight is 235 g/mol. The molecule has 0 radical (unpaired) electrons. The molecule has 0 bridgehead atoms. The van der Waals surface area contributed by atoms with Crippen molar-refractivity contribution in [2.75, 3.05) is 0 Å². The first-order valence-electron chi connectivity index (χ1n) is 6.43. The minimum Gasteiger partial charge on any atom is -0.391 e. The molecule has 0 aliphatic rings. The standard InChI is InChI=1S/C15H25NO/c1-10(2)8-9-14(17)15(16)13-7-5-6-11(3)12(13)4/h5-7,10,14-15,17H,8-9,16H2,1-4H3/t14-,15+/m0/s1. The van der Waals surface area contributed by atoms with Crippen molar-refractivity contribution in [2.24, 2.45) is 11.7 Å². The van der Waals surface area contributed by atoms with Crippen molar-refractivity contribution in [1.29, 1.82) is 0 Å². The highest BCUT2D eigenvalue weighted by molar-refractivity contribution is 5.35. The molecule has 0 amide bonds. The molecule has 1 rings (SSSR count). The van der Waals surface area contributed by atoms with Gasteiger partial charge in [0.15, 0.2) is 0 Å². The van der Waals surface area contributed by atoms with Gasteiger partial charge >= 0.3 is 0 Å². The van der Waals surface area contributed by atoms with Crippen LogP contribution >= 0.6 is 0 Å². The molecule has 0 aliphatic carbocycles. The minimum atomic E-state index is -0.446. The zero-order chi connectivity index (χ0) is 13.0. The molecule has 3 N–H and O–H groups in total. The highest BCUT2D eigenvalue weighted by Gasteiger charge is 2.19. The molecule has 1 aromatic rings. The lowest BCUT2D eigenvalue weighted by atomic mass is 9.92. The highest BCUT2D eigenvalue weighted by atomic mass is 16.3. The Hall–Kier alpha value is -0.860. The summed E-state index contributed by atoms with van der Waals surface area (Å²) >= 11 is 0. The maximum absolute atomic E-state index is 10.1. The normalized spacial score (nSPS) is 15.0. The topological polar surface area (TPSA) is 46.2 Å². The van der Waals surface area contributed by atoms with E-state index < -0.39 is 6.10 Å². The molecule has 17 heavy (non-hydrogen) atoms. The Morgan fingerprint density at radius 2 is 1.82 bits per heavy atom. The van der Waals surface area contributed by atoms with Gasteiger partial charge in [0, 0.05) is 0 Å². The van der Waals surface area contributed by atoms with Crippen molar-refractivity contribution in [3.63, 3.8) is 0 Å². The van der Waals surface area contributed by atoms with Gasteiger partial charge in [-0.1, -0.05) is 32.0 Å². The second-order valence-electron chi connectivity index (χ2n) is 5.35. The van der Waals surface area contributed by atoms with Crippen molar-refractivity contribution < 1.29 is 5.11 Å². The molecule has 0 saturated carbocycles. The first kappa shape index (κ1) is 14.2. The van der Waals surface area contributed by atoms with Crippen molar-refractivity contribution >= 4 is 0 Å². The maximum atomic E-state index is 10.1. The van der Waals surface area contributed by atoms with Crippen LogP contribution in [0.15, 0.2) is 18.2 Å². The number of aryl methyl sites for hydroxylation is 1. The van der Waals surface area contributed by atoms with Gasteiger partial charge in [-0.15, -0.1) is 0 Å². The number of hydrogen-bond donors (Lipinski definition) is 2. The first-order chi connectivity index (χ1) is 7.93. The minimum absolute atomic E-state index is 0.270. The van der Waals surface area contributed by atoms with E-state index in [2.05, 4.69) is 33.8 Å². The van der Waals surface area contributed by atoms with Crippen LogP contribution in [0.3, 0.4) is 0 Å². The predicted molar refractivity (Wildman–Crippen MR) is 72.9 cm³/mol. The Labute approximate surface area is 105 Å². The second kappa shape index (κ2) is 6.18. The molecule has 0 aliphatic heterocycles. The van der Waals surface area contributed by atoms with Crippen LogP contribution in [0.4, 0.5) is 0 Å². The smallest absolute Gasteiger partial charge is 0.0733 e. The van der Waals surface area contributed by atoms with Gasteiger partial charge < -0.3 is 10.8 Å². The van der Waals surface area contributed by atoms with Crippen LogP contribution in [-0.4, -0.2) is 11.2 Å². The van der Waals surface area contributed by atoms with Crippen molar-refractivity contribution in [2.45, 2.75) is 52.7 Å². The molecular weight excluding hydrogens is 210 g/mol. The lowest BCUT2D eigenvalue weighted by molar-refractivity contribution is 0.128. The van der Waals surface area contributed by atoms with E-state index in [4.69, 9.17) is 5.73 Å². The lowest BCUT2D eigenvalue weighted by Crippen LogP contribution is -2.27. The van der Waals surface area contributed by atoms with Crippen LogP contribution in [0, 0.1) is 19.8 Å². The SMILES string of the molecule is Cc1cccc([C@@H](N)[C@@H](O)CCC(C)C)c1C. The Kier molecular flexibility index (Phi) is 5.16. The Morgan fingerprint density at radius 3 is 2.41 bits per heavy atom. The van der Waals surface area contributed by atoms with E-state index in [9.17, 15) is 5.11 Å². The quantitative estimate of drug-likeness (QED) is 0.823. The molecule has 0 saturated heterocycles. The number of benzene rings is 1. The van der Waals surface area contributed by atoms with E-state index in [1.54, 1.807) is 0 Å². The van der Waals surface area contributed by atoms with Crippen LogP contribution < -0.4 is 5.73 Å². The van der Waals surface area contributed by atoms with Crippen molar-refractivity contribution in [1.82, 2.24) is 0 Å². The summed E-state index contributed by atoms with van der Waals surface area (Å²) in [4.78, 5) is 0. The number of hydrogen-bond acceptors (Lipinski definition) is 2. The zero-order valence-corrected chi connectivity index (χ0v) is 11.4. The average Bonchev–Trinajstić information content (AvgIpc) is 2.28. The van der Waals surface area contributed by atoms with Gasteiger partial charge in [-0.3, -0.25) is 0 Å². The fraction of sp³-hybridized carbons (Fsp3) is 0.600. The monoisotopic (exact) mass is 235 g/mol. The van der Waals surface area contributed by atoms with Crippen LogP contribution in [-0.2, 0) is 0 Å². The van der Waals surface area contributed by atoms with Crippen LogP contribution in [0.5, 0.6) is 0 Å². The Morgan fingerprint density at radius 1 is 1.18 bits per heavy atom. The van der Waals surface area contributed by atoms with Gasteiger partial charge in [-0.25, -0.2) is 0 Å². The van der Waals surface area contributed by atoms with Gasteiger partial charge in [0.1, 0.15) is 0 Å². The van der Waals surface area contributed by atoms with Crippen LogP contribution in [0.1, 0.15) is 49.4 Å². The second-order valence-corrected chi connectivity index (χ2v) is 5.35. The van der Waals surface area contributed by atoms with E-state index in [0.717, 1.165) is 18.4 Å². The van der Waals surface area contributed by atoms with E-state index in [1.807, 2.05) is 12.1 Å². The number of nitrogens with two attached hydrogens (primary N) is 1. The van der Waals surface area contributed by atoms with Crippen LogP contribution in [0.2, 0.25) is 0 Å². The molecule has 0 heterocycles. The third-order valence-corrected chi connectivity index (χ3v) is 3.46. The van der Waals surface area contributed by atoms with Gasteiger partial charge in [0.25, 0.3) is 0 Å². The summed E-state index contributed by atoms with van der Waals surface area (Å²) in [5, 5.41) is 10.1. The summed E-state index contributed by atoms with van der Waals surface area (Å²) in [6.45, 7) is 8.47. The van der Waals surface area contributed by atoms with Gasteiger partial charge in [0.2, 0.25) is 0 Å². The van der Waals surface area contributed by atoms with Crippen molar-refractivity contribution in [3.8, 4) is 0 Å². The predicted octanol–water partition coefficient (Wildman–Crippen LogP) is 3.10. The molecule has 2 heteroatoms. The van der Waals surface area contributed by atoms with Crippen LogP contribution in [0.25, 0.3) is 0 Å². The summed E-state index contributed by atoms with van der Waals surface area (Å²) in [6, 6.07) is 5.83. The highest BCUT2D eigenvalue weighted by Crippen LogP contribution is 2.23. The number of aliphatic hydroxyl groups excluding tert-OH is 1. The lowest BCUT2D eigenvalue weighted by Gasteiger charge is -2.22. The van der Waals surface area contributed by atoms with Gasteiger partial charge in [0.05, 0.1) is 12.1 Å². The van der Waals surface area contributed by atoms with E-state index in [0.29, 0.717) is 5.92 Å². The summed E-state index contributed by atoms with van der Waals surface area (Å²) < 4.78 is 0. The summed E-state index contributed by atoms with van der Waals surface area (Å²) in [5.74, 6) is 0.607. The fourth-order valence-corrected chi connectivity index (χ4v) is 2.03. The Balaban J connectivity index is 2.74. The molecule has 96 valence electrons. The Bertz CT molecular complexity index is 360. The van der Waals surface area contributed by atoms with Gasteiger partial charge in [-0.05, 0) is 49.3 Å². The van der Waals surface area contributed by atoms with E-state index in [1.165, 1.54) is 11.1 Å². The molecule has 0 spiro atoms. The zero-order valence-electron chi connectivity index (χ0n) is 11.4. The molecule has 1 aromatic carbocycles. The first-order valence-corrected chi connectivity index (χ1v) is 6.43. The number of aliphatic hydroxyl groups is 1. The molecule has 2 atom stereocenters. The largest absolute Gasteiger partial charge is 0.391 e. The molecular formula is C15H25NO. The van der Waals surface area contributed by atoms with Gasteiger partial charge in [-0.2, -0.15) is 0 Å². The fourth-order valence-electron chi connectivity index (χ4n) is 2.03. The maximum Gasteiger partial charge on any atom is 0.0733 e. The third-order valence-electron chi connectivity index (χ3n) is 3.46. The summed E-state index contributed by atoms with van der Waals surface area (Å²) in [6.07, 6.45) is 1.34. The third kappa shape index (κ3) is 3.83. The molecule has 0 aromatic heterocycles. The molecule has 0 fully saturated rings. The summed E-state index contributed by atoms with van der Waals surface area (Å²) in [7, 11) is 0. The molecule has 0 unspecified atom stereocenters. The van der Waals surface area contributed by atoms with E-state index >= 15 is 0 Å². The molecule has 2 nitrogen and oxygen atoms in total. The van der Waals surface area contributed by atoms with E-state index in [-0.39, 0.29) is 6.04 Å².